The normalized spacial score (nSPS) is 16.8. The van der Waals surface area contributed by atoms with Gasteiger partial charge in [-0.2, -0.15) is 0 Å². The van der Waals surface area contributed by atoms with Crippen molar-refractivity contribution < 1.29 is 17.6 Å². The van der Waals surface area contributed by atoms with Crippen molar-refractivity contribution in [1.29, 1.82) is 0 Å². The third-order valence-corrected chi connectivity index (χ3v) is 6.39. The quantitative estimate of drug-likeness (QED) is 0.727. The molecule has 2 heterocycles. The number of hydrogen-bond donors (Lipinski definition) is 1. The molecule has 1 aromatic heterocycles. The zero-order chi connectivity index (χ0) is 18.6. The highest BCUT2D eigenvalue weighted by Crippen LogP contribution is 2.37. The number of rotatable bonds is 3. The second-order valence-electron chi connectivity index (χ2n) is 6.11. The van der Waals surface area contributed by atoms with Crippen molar-refractivity contribution in [3.05, 3.63) is 58.6 Å². The van der Waals surface area contributed by atoms with Gasteiger partial charge < -0.3 is 10.2 Å². The number of nitrogens with two attached hydrogens (primary N) is 1. The Hall–Kier alpha value is -3.07. The Morgan fingerprint density at radius 2 is 1.96 bits per heavy atom. The van der Waals surface area contributed by atoms with Gasteiger partial charge in [-0.15, -0.1) is 0 Å². The molecule has 2 N–H and O–H groups in total. The molecule has 0 spiro atoms. The van der Waals surface area contributed by atoms with Gasteiger partial charge in [-0.3, -0.25) is 13.7 Å². The molecule has 4 rings (SSSR count). The highest BCUT2D eigenvalue weighted by atomic mass is 32.2. The van der Waals surface area contributed by atoms with Gasteiger partial charge in [0.15, 0.2) is 5.58 Å². The Labute approximate surface area is 148 Å². The van der Waals surface area contributed by atoms with Gasteiger partial charge >= 0.3 is 5.76 Å². The van der Waals surface area contributed by atoms with Gasteiger partial charge in [-0.1, -0.05) is 18.2 Å². The average molecular weight is 373 g/mol. The van der Waals surface area contributed by atoms with Crippen molar-refractivity contribution in [1.82, 2.24) is 4.57 Å². The number of aryl methyl sites for hydroxylation is 1. The van der Waals surface area contributed by atoms with E-state index in [9.17, 15) is 18.0 Å². The van der Waals surface area contributed by atoms with Crippen LogP contribution in [0.1, 0.15) is 5.56 Å². The fourth-order valence-corrected chi connectivity index (χ4v) is 4.93. The molecule has 8 nitrogen and oxygen atoms in total. The van der Waals surface area contributed by atoms with E-state index in [1.807, 2.05) is 0 Å². The minimum atomic E-state index is -4.08. The molecule has 1 atom stereocenters. The van der Waals surface area contributed by atoms with E-state index < -0.39 is 27.7 Å². The van der Waals surface area contributed by atoms with E-state index in [4.69, 9.17) is 10.2 Å². The summed E-state index contributed by atoms with van der Waals surface area (Å²) in [4.78, 5) is 23.4. The lowest BCUT2D eigenvalue weighted by Gasteiger charge is -2.24. The molecule has 26 heavy (non-hydrogen) atoms. The topological polar surface area (TPSA) is 116 Å². The van der Waals surface area contributed by atoms with Crippen molar-refractivity contribution in [2.45, 2.75) is 17.4 Å². The lowest BCUT2D eigenvalue weighted by molar-refractivity contribution is -0.118. The largest absolute Gasteiger partial charge is 0.419 e. The predicted molar refractivity (Wildman–Crippen MR) is 94.2 cm³/mol. The van der Waals surface area contributed by atoms with Crippen molar-refractivity contribution >= 4 is 32.7 Å². The number of oxazole rings is 1. The maximum Gasteiger partial charge on any atom is 0.419 e. The molecule has 2 aromatic carbocycles. The van der Waals surface area contributed by atoms with E-state index in [0.717, 1.165) is 9.87 Å². The molecule has 0 unspecified atom stereocenters. The Morgan fingerprint density at radius 3 is 2.69 bits per heavy atom. The second-order valence-corrected chi connectivity index (χ2v) is 7.92. The maximum absolute atomic E-state index is 13.2. The number of aromatic nitrogens is 1. The van der Waals surface area contributed by atoms with E-state index >= 15 is 0 Å². The summed E-state index contributed by atoms with van der Waals surface area (Å²) in [6.45, 7) is 0. The summed E-state index contributed by atoms with van der Waals surface area (Å²) in [5.74, 6) is -1.31. The molecule has 1 aliphatic heterocycles. The van der Waals surface area contributed by atoms with E-state index in [-0.39, 0.29) is 16.9 Å². The first-order valence-electron chi connectivity index (χ1n) is 7.82. The van der Waals surface area contributed by atoms with Gasteiger partial charge in [0.2, 0.25) is 5.91 Å². The minimum absolute atomic E-state index is 0.0812. The number of sulfonamides is 1. The molecule has 0 saturated heterocycles. The number of carbonyl (C=O) groups is 1. The molecule has 1 amide bonds. The fourth-order valence-electron chi connectivity index (χ4n) is 3.26. The zero-order valence-electron chi connectivity index (χ0n) is 13.7. The standard InChI is InChI=1S/C17H15N3O5S/c1-19-13-7-6-11(9-15(13)25-17(19)22)26(23,24)20-12-5-3-2-4-10(12)8-14(20)16(18)21/h2-7,9,14H,8H2,1H3,(H2,18,21)/t14-/m0/s1. The number of nitrogens with zero attached hydrogens (tertiary/aromatic N) is 2. The first-order chi connectivity index (χ1) is 12.3. The summed E-state index contributed by atoms with van der Waals surface area (Å²) >= 11 is 0. The number of amides is 1. The van der Waals surface area contributed by atoms with Gasteiger partial charge in [0.25, 0.3) is 10.0 Å². The van der Waals surface area contributed by atoms with Crippen LogP contribution in [0.3, 0.4) is 0 Å². The summed E-state index contributed by atoms with van der Waals surface area (Å²) in [5.41, 5.74) is 7.23. The van der Waals surface area contributed by atoms with Crippen molar-refractivity contribution in [2.75, 3.05) is 4.31 Å². The van der Waals surface area contributed by atoms with Gasteiger partial charge in [-0.25, -0.2) is 13.2 Å². The highest BCUT2D eigenvalue weighted by molar-refractivity contribution is 7.93. The predicted octanol–water partition coefficient (Wildman–Crippen LogP) is 0.737. The molecule has 9 heteroatoms. The van der Waals surface area contributed by atoms with Crippen molar-refractivity contribution in [3.63, 3.8) is 0 Å². The van der Waals surface area contributed by atoms with Gasteiger partial charge in [0, 0.05) is 19.5 Å². The van der Waals surface area contributed by atoms with Crippen LogP contribution in [-0.4, -0.2) is 24.9 Å². The fraction of sp³-hybridized carbons (Fsp3) is 0.176. The Balaban J connectivity index is 1.90. The number of primary amides is 1. The molecule has 0 fully saturated rings. The van der Waals surface area contributed by atoms with Crippen LogP contribution >= 0.6 is 0 Å². The number of carbonyl (C=O) groups excluding carboxylic acids is 1. The van der Waals surface area contributed by atoms with E-state index in [1.165, 1.54) is 29.8 Å². The van der Waals surface area contributed by atoms with E-state index in [0.29, 0.717) is 11.2 Å². The summed E-state index contributed by atoms with van der Waals surface area (Å²) in [7, 11) is -2.55. The van der Waals surface area contributed by atoms with Crippen LogP contribution in [0.5, 0.6) is 0 Å². The molecule has 3 aromatic rings. The first-order valence-corrected chi connectivity index (χ1v) is 9.26. The Kier molecular flexibility index (Phi) is 3.45. The number of benzene rings is 2. The molecule has 0 aliphatic carbocycles. The van der Waals surface area contributed by atoms with Gasteiger partial charge in [0.1, 0.15) is 6.04 Å². The van der Waals surface area contributed by atoms with Crippen molar-refractivity contribution in [3.8, 4) is 0 Å². The molecule has 0 bridgehead atoms. The molecule has 134 valence electrons. The van der Waals surface area contributed by atoms with E-state index in [2.05, 4.69) is 0 Å². The monoisotopic (exact) mass is 373 g/mol. The second kappa shape index (κ2) is 5.46. The van der Waals surface area contributed by atoms with Crippen LogP contribution in [-0.2, 0) is 28.3 Å². The highest BCUT2D eigenvalue weighted by Gasteiger charge is 2.41. The van der Waals surface area contributed by atoms with Crippen LogP contribution in [0.25, 0.3) is 11.1 Å². The maximum atomic E-state index is 13.2. The lowest BCUT2D eigenvalue weighted by Crippen LogP contribution is -2.45. The summed E-state index contributed by atoms with van der Waals surface area (Å²) in [5, 5.41) is 0. The first kappa shape index (κ1) is 16.4. The zero-order valence-corrected chi connectivity index (χ0v) is 14.6. The average Bonchev–Trinajstić information content (AvgIpc) is 3.13. The van der Waals surface area contributed by atoms with Crippen LogP contribution in [0, 0.1) is 0 Å². The number of anilines is 1. The number of fused-ring (bicyclic) bond motifs is 2. The van der Waals surface area contributed by atoms with Crippen LogP contribution < -0.4 is 15.8 Å². The third kappa shape index (κ3) is 2.24. The Morgan fingerprint density at radius 1 is 1.23 bits per heavy atom. The number of para-hydroxylation sites is 1. The van der Waals surface area contributed by atoms with Crippen molar-refractivity contribution in [2.24, 2.45) is 12.8 Å². The third-order valence-electron chi connectivity index (χ3n) is 4.57. The van der Waals surface area contributed by atoms with Gasteiger partial charge in [0.05, 0.1) is 16.1 Å². The number of hydrogen-bond acceptors (Lipinski definition) is 5. The summed E-state index contributed by atoms with van der Waals surface area (Å²) < 4.78 is 33.9. The Bertz CT molecular complexity index is 1210. The van der Waals surface area contributed by atoms with Crippen LogP contribution in [0.15, 0.2) is 56.6 Å². The van der Waals surface area contributed by atoms with E-state index in [1.54, 1.807) is 24.3 Å². The summed E-state index contributed by atoms with van der Waals surface area (Å²) in [6.07, 6.45) is 0.216. The lowest BCUT2D eigenvalue weighted by atomic mass is 10.1. The molecule has 0 radical (unpaired) electrons. The van der Waals surface area contributed by atoms with Crippen LogP contribution in [0.2, 0.25) is 0 Å². The van der Waals surface area contributed by atoms with Crippen LogP contribution in [0.4, 0.5) is 5.69 Å². The minimum Gasteiger partial charge on any atom is -0.408 e. The summed E-state index contributed by atoms with van der Waals surface area (Å²) in [6, 6.07) is 10.0. The smallest absolute Gasteiger partial charge is 0.408 e. The molecule has 0 saturated carbocycles. The molecule has 1 aliphatic rings. The molecular formula is C17H15N3O5S. The van der Waals surface area contributed by atoms with Gasteiger partial charge in [-0.05, 0) is 23.8 Å². The SMILES string of the molecule is Cn1c(=O)oc2cc(S(=O)(=O)N3c4ccccc4C[C@H]3C(N)=O)ccc21. The molecular weight excluding hydrogens is 358 g/mol.